The van der Waals surface area contributed by atoms with Crippen molar-refractivity contribution < 1.29 is 13.5 Å². The molecule has 0 atom stereocenters. The molecule has 0 aliphatic heterocycles. The van der Waals surface area contributed by atoms with Gasteiger partial charge in [0.25, 0.3) is 0 Å². The van der Waals surface area contributed by atoms with Crippen molar-refractivity contribution in [1.29, 1.82) is 0 Å². The number of alkyl halides is 2. The van der Waals surface area contributed by atoms with Crippen LogP contribution in [0.15, 0.2) is 28.7 Å². The quantitative estimate of drug-likeness (QED) is 0.448. The lowest BCUT2D eigenvalue weighted by atomic mass is 9.68. The number of ether oxygens (including phenoxy) is 1. The Balaban J connectivity index is 1.47. The van der Waals surface area contributed by atoms with E-state index >= 15 is 0 Å². The Kier molecular flexibility index (Phi) is 6.98. The summed E-state index contributed by atoms with van der Waals surface area (Å²) >= 11 is 3.32. The van der Waals surface area contributed by atoms with Gasteiger partial charge in [-0.3, -0.25) is 0 Å². The highest BCUT2D eigenvalue weighted by Crippen LogP contribution is 2.45. The van der Waals surface area contributed by atoms with E-state index in [0.717, 1.165) is 29.2 Å². The van der Waals surface area contributed by atoms with Gasteiger partial charge in [0.2, 0.25) is 0 Å². The zero-order valence-corrected chi connectivity index (χ0v) is 17.3. The molecule has 0 saturated heterocycles. The van der Waals surface area contributed by atoms with Gasteiger partial charge < -0.3 is 4.74 Å². The maximum atomic E-state index is 14.6. The molecule has 0 spiro atoms. The largest absolute Gasteiger partial charge is 0.432 e. The van der Waals surface area contributed by atoms with Crippen molar-refractivity contribution in [3.63, 3.8) is 0 Å². The maximum Gasteiger partial charge on any atom is 0.400 e. The number of rotatable bonds is 6. The van der Waals surface area contributed by atoms with Crippen molar-refractivity contribution in [2.75, 3.05) is 0 Å². The molecule has 0 amide bonds. The third kappa shape index (κ3) is 5.21. The topological polar surface area (TPSA) is 9.23 Å². The fourth-order valence-electron chi connectivity index (χ4n) is 5.03. The molecule has 0 aromatic heterocycles. The Hall–Kier alpha value is -0.640. The molecule has 0 heterocycles. The number of halogens is 3. The van der Waals surface area contributed by atoms with Crippen LogP contribution in [0.25, 0.3) is 0 Å². The standard InChI is InChI=1S/C22H31BrF2O/c1-2-3-16-4-6-17(7-5-16)18-8-10-19(11-9-18)22(24,25)26-21-14-12-20(23)13-15-21/h12-19H,2-11H2,1H3. The Morgan fingerprint density at radius 2 is 1.46 bits per heavy atom. The molecule has 4 heteroatoms. The van der Waals surface area contributed by atoms with Crippen LogP contribution in [0, 0.1) is 23.7 Å². The van der Waals surface area contributed by atoms with E-state index in [1.165, 1.54) is 38.5 Å². The van der Waals surface area contributed by atoms with Gasteiger partial charge in [0.15, 0.2) is 0 Å². The molecule has 1 nitrogen and oxygen atoms in total. The van der Waals surface area contributed by atoms with Crippen LogP contribution in [-0.4, -0.2) is 6.11 Å². The van der Waals surface area contributed by atoms with E-state index < -0.39 is 12.0 Å². The van der Waals surface area contributed by atoms with E-state index in [9.17, 15) is 8.78 Å². The lowest BCUT2D eigenvalue weighted by Gasteiger charge is -2.39. The molecule has 2 saturated carbocycles. The monoisotopic (exact) mass is 428 g/mol. The van der Waals surface area contributed by atoms with Crippen molar-refractivity contribution in [3.8, 4) is 5.75 Å². The summed E-state index contributed by atoms with van der Waals surface area (Å²) in [6, 6.07) is 6.66. The highest BCUT2D eigenvalue weighted by atomic mass is 79.9. The van der Waals surface area contributed by atoms with E-state index in [2.05, 4.69) is 22.9 Å². The Morgan fingerprint density at radius 1 is 0.923 bits per heavy atom. The van der Waals surface area contributed by atoms with Gasteiger partial charge in [-0.15, -0.1) is 0 Å². The van der Waals surface area contributed by atoms with Crippen molar-refractivity contribution in [2.24, 2.45) is 23.7 Å². The molecule has 2 fully saturated rings. The fraction of sp³-hybridized carbons (Fsp3) is 0.727. The summed E-state index contributed by atoms with van der Waals surface area (Å²) in [4.78, 5) is 0. The molecule has 26 heavy (non-hydrogen) atoms. The average Bonchev–Trinajstić information content (AvgIpc) is 2.65. The van der Waals surface area contributed by atoms with Gasteiger partial charge in [0.1, 0.15) is 5.75 Å². The molecule has 2 aliphatic rings. The lowest BCUT2D eigenvalue weighted by molar-refractivity contribution is -0.224. The molecule has 1 aromatic rings. The van der Waals surface area contributed by atoms with Crippen molar-refractivity contribution >= 4 is 15.9 Å². The van der Waals surface area contributed by atoms with Crippen LogP contribution in [0.5, 0.6) is 5.75 Å². The summed E-state index contributed by atoms with van der Waals surface area (Å²) in [6.45, 7) is 2.27. The van der Waals surface area contributed by atoms with Crippen LogP contribution in [0.1, 0.15) is 71.1 Å². The predicted octanol–water partition coefficient (Wildman–Crippen LogP) is 7.83. The molecule has 0 unspecified atom stereocenters. The van der Waals surface area contributed by atoms with Crippen LogP contribution >= 0.6 is 15.9 Å². The van der Waals surface area contributed by atoms with Gasteiger partial charge in [-0.25, -0.2) is 0 Å². The number of hydrogen-bond acceptors (Lipinski definition) is 1. The minimum absolute atomic E-state index is 0.245. The van der Waals surface area contributed by atoms with E-state index in [4.69, 9.17) is 4.74 Å². The zero-order chi connectivity index (χ0) is 18.6. The van der Waals surface area contributed by atoms with Gasteiger partial charge >= 0.3 is 6.11 Å². The highest BCUT2D eigenvalue weighted by molar-refractivity contribution is 9.10. The van der Waals surface area contributed by atoms with Crippen molar-refractivity contribution in [3.05, 3.63) is 28.7 Å². The second-order valence-corrected chi connectivity index (χ2v) is 9.21. The van der Waals surface area contributed by atoms with E-state index in [-0.39, 0.29) is 5.75 Å². The van der Waals surface area contributed by atoms with E-state index in [0.29, 0.717) is 18.8 Å². The summed E-state index contributed by atoms with van der Waals surface area (Å²) < 4.78 is 35.1. The SMILES string of the molecule is CCCC1CCC(C2CCC(C(F)(F)Oc3ccc(Br)cc3)CC2)CC1. The summed E-state index contributed by atoms with van der Waals surface area (Å²) in [5, 5.41) is 0. The molecule has 2 aliphatic carbocycles. The summed E-state index contributed by atoms with van der Waals surface area (Å²) in [7, 11) is 0. The summed E-state index contributed by atoms with van der Waals surface area (Å²) in [6.07, 6.45) is 7.94. The highest BCUT2D eigenvalue weighted by Gasteiger charge is 2.45. The second kappa shape index (κ2) is 9.03. The van der Waals surface area contributed by atoms with Crippen LogP contribution in [-0.2, 0) is 0 Å². The molecular weight excluding hydrogens is 398 g/mol. The molecule has 146 valence electrons. The molecular formula is C22H31BrF2O. The third-order valence-corrected chi connectivity index (χ3v) is 7.10. The number of hydrogen-bond donors (Lipinski definition) is 0. The summed E-state index contributed by atoms with van der Waals surface area (Å²) in [5.41, 5.74) is 0. The first-order chi connectivity index (χ1) is 12.5. The smallest absolute Gasteiger partial charge is 0.400 e. The molecule has 1 aromatic carbocycles. The van der Waals surface area contributed by atoms with E-state index in [1.54, 1.807) is 24.3 Å². The van der Waals surface area contributed by atoms with Crippen LogP contribution in [0.2, 0.25) is 0 Å². The Morgan fingerprint density at radius 3 is 2.00 bits per heavy atom. The molecule has 0 bridgehead atoms. The van der Waals surface area contributed by atoms with Crippen LogP contribution in [0.4, 0.5) is 8.78 Å². The van der Waals surface area contributed by atoms with E-state index in [1.807, 2.05) is 0 Å². The average molecular weight is 429 g/mol. The Bertz CT molecular complexity index is 544. The fourth-order valence-corrected chi connectivity index (χ4v) is 5.29. The minimum Gasteiger partial charge on any atom is -0.432 e. The predicted molar refractivity (Wildman–Crippen MR) is 106 cm³/mol. The first-order valence-corrected chi connectivity index (χ1v) is 11.1. The summed E-state index contributed by atoms with van der Waals surface area (Å²) in [5.74, 6) is 1.92. The van der Waals surface area contributed by atoms with Crippen molar-refractivity contribution in [2.45, 2.75) is 77.2 Å². The molecule has 0 radical (unpaired) electrons. The lowest BCUT2D eigenvalue weighted by Crippen LogP contribution is -2.38. The van der Waals surface area contributed by atoms with Gasteiger partial charge in [-0.2, -0.15) is 8.78 Å². The Labute approximate surface area is 165 Å². The van der Waals surface area contributed by atoms with Gasteiger partial charge in [-0.1, -0.05) is 48.5 Å². The third-order valence-electron chi connectivity index (χ3n) is 6.57. The second-order valence-electron chi connectivity index (χ2n) is 8.30. The van der Waals surface area contributed by atoms with Gasteiger partial charge in [-0.05, 0) is 80.5 Å². The first kappa shape index (κ1) is 20.1. The molecule has 3 rings (SSSR count). The first-order valence-electron chi connectivity index (χ1n) is 10.3. The van der Waals surface area contributed by atoms with Crippen LogP contribution in [0.3, 0.4) is 0 Å². The van der Waals surface area contributed by atoms with Crippen LogP contribution < -0.4 is 4.74 Å². The number of benzene rings is 1. The zero-order valence-electron chi connectivity index (χ0n) is 15.7. The van der Waals surface area contributed by atoms with Gasteiger partial charge in [0, 0.05) is 4.47 Å². The van der Waals surface area contributed by atoms with Gasteiger partial charge in [0.05, 0.1) is 5.92 Å². The minimum atomic E-state index is -3.07. The van der Waals surface area contributed by atoms with Crippen molar-refractivity contribution in [1.82, 2.24) is 0 Å². The maximum absolute atomic E-state index is 14.6. The normalized spacial score (nSPS) is 30.2. The molecule has 0 N–H and O–H groups in total.